The van der Waals surface area contributed by atoms with Crippen LogP contribution in [0.5, 0.6) is 0 Å². The molecule has 206 valence electrons. The first-order valence-corrected chi connectivity index (χ1v) is 13.3. The number of aromatic nitrogens is 4. The summed E-state index contributed by atoms with van der Waals surface area (Å²) in [6, 6.07) is 12.1. The van der Waals surface area contributed by atoms with E-state index >= 15 is 0 Å². The van der Waals surface area contributed by atoms with Crippen molar-refractivity contribution in [2.45, 2.75) is 46.8 Å². The Labute approximate surface area is 229 Å². The molecule has 1 amide bonds. The number of amides is 1. The summed E-state index contributed by atoms with van der Waals surface area (Å²) in [5.74, 6) is -0.273. The highest BCUT2D eigenvalue weighted by Crippen LogP contribution is 2.27. The molecule has 0 fully saturated rings. The highest BCUT2D eigenvalue weighted by Gasteiger charge is 2.19. The van der Waals surface area contributed by atoms with Crippen LogP contribution >= 0.6 is 0 Å². The number of H-pyrrole nitrogens is 1. The average molecular weight is 530 g/mol. The molecule has 9 heteroatoms. The molecule has 3 aromatic heterocycles. The lowest BCUT2D eigenvalue weighted by atomic mass is 10.0. The number of likely N-dealkylation sites (N-methyl/N-ethyl adjacent to an activating group) is 2. The summed E-state index contributed by atoms with van der Waals surface area (Å²) in [5, 5.41) is 8.14. The number of benzene rings is 1. The minimum atomic E-state index is -0.273. The third-order valence-electron chi connectivity index (χ3n) is 6.85. The molecule has 4 aromatic rings. The highest BCUT2D eigenvalue weighted by molar-refractivity contribution is 6.06. The Morgan fingerprint density at radius 1 is 1.08 bits per heavy atom. The topological polar surface area (TPSA) is 99.2 Å². The first-order chi connectivity index (χ1) is 18.5. The Hall–Kier alpha value is -3.82. The number of aryl methyl sites for hydroxylation is 2. The Morgan fingerprint density at radius 3 is 2.44 bits per heavy atom. The summed E-state index contributed by atoms with van der Waals surface area (Å²) in [6.45, 7) is 10.8. The number of hydrogen-bond acceptors (Lipinski definition) is 6. The van der Waals surface area contributed by atoms with Crippen molar-refractivity contribution in [2.24, 2.45) is 0 Å². The minimum absolute atomic E-state index is 0.0787. The number of hydrogen-bond donors (Lipinski definition) is 2. The van der Waals surface area contributed by atoms with Crippen molar-refractivity contribution >= 4 is 16.9 Å². The van der Waals surface area contributed by atoms with Gasteiger partial charge in [0.25, 0.3) is 11.5 Å². The second-order valence-electron chi connectivity index (χ2n) is 10.8. The predicted molar refractivity (Wildman–Crippen MR) is 156 cm³/mol. The molecule has 0 spiro atoms. The van der Waals surface area contributed by atoms with Crippen LogP contribution in [0.25, 0.3) is 22.3 Å². The first kappa shape index (κ1) is 28.2. The number of rotatable bonds is 10. The van der Waals surface area contributed by atoms with Gasteiger partial charge < -0.3 is 20.1 Å². The van der Waals surface area contributed by atoms with Crippen LogP contribution in [-0.2, 0) is 13.1 Å². The number of aromatic amines is 1. The largest absolute Gasteiger partial charge is 0.348 e. The van der Waals surface area contributed by atoms with E-state index in [1.165, 1.54) is 5.56 Å². The van der Waals surface area contributed by atoms with E-state index in [9.17, 15) is 9.59 Å². The van der Waals surface area contributed by atoms with Crippen LogP contribution in [0, 0.1) is 13.8 Å². The molecule has 0 aliphatic rings. The molecule has 0 saturated heterocycles. The summed E-state index contributed by atoms with van der Waals surface area (Å²) < 4.78 is 1.83. The summed E-state index contributed by atoms with van der Waals surface area (Å²) in [5.41, 5.74) is 5.97. The lowest BCUT2D eigenvalue weighted by molar-refractivity contribution is 0.0952. The number of fused-ring (bicyclic) bond motifs is 1. The standard InChI is InChI=1S/C30H39N7O2/c1-19(2)37-28-26(17-32-37)24(29(38)31-16-25-20(3)14-21(4)33-30(25)39)15-27(34-28)23-10-8-22(9-11-23)18-36(7)13-12-35(5)6/h8-11,14-15,17,19H,12-13,16,18H2,1-7H3,(H,31,38)(H,33,39). The SMILES string of the molecule is Cc1cc(C)c(CNC(=O)c2cc(-c3ccc(CN(C)CCN(C)C)cc3)nc3c2cnn3C(C)C)c(=O)[nH]1. The van der Waals surface area contributed by atoms with Crippen LogP contribution in [-0.4, -0.2) is 69.7 Å². The van der Waals surface area contributed by atoms with Crippen LogP contribution < -0.4 is 10.9 Å². The fourth-order valence-corrected chi connectivity index (χ4v) is 4.64. The third-order valence-corrected chi connectivity index (χ3v) is 6.85. The third kappa shape index (κ3) is 6.61. The fourth-order valence-electron chi connectivity index (χ4n) is 4.64. The zero-order valence-electron chi connectivity index (χ0n) is 24.0. The van der Waals surface area contributed by atoms with Gasteiger partial charge in [0.05, 0.1) is 22.8 Å². The van der Waals surface area contributed by atoms with E-state index in [4.69, 9.17) is 4.98 Å². The number of carbonyl (C=O) groups excluding carboxylic acids is 1. The Balaban J connectivity index is 1.63. The summed E-state index contributed by atoms with van der Waals surface area (Å²) in [4.78, 5) is 38.1. The molecular weight excluding hydrogens is 490 g/mol. The zero-order valence-corrected chi connectivity index (χ0v) is 24.0. The molecule has 0 bridgehead atoms. The molecule has 0 aliphatic heterocycles. The van der Waals surface area contributed by atoms with Crippen molar-refractivity contribution < 1.29 is 4.79 Å². The van der Waals surface area contributed by atoms with Crippen molar-refractivity contribution in [3.05, 3.63) is 80.9 Å². The van der Waals surface area contributed by atoms with E-state index in [1.807, 2.05) is 44.5 Å². The maximum atomic E-state index is 13.5. The predicted octanol–water partition coefficient (Wildman–Crippen LogP) is 3.91. The zero-order chi connectivity index (χ0) is 28.3. The minimum Gasteiger partial charge on any atom is -0.348 e. The van der Waals surface area contributed by atoms with Gasteiger partial charge in [-0.2, -0.15) is 5.10 Å². The van der Waals surface area contributed by atoms with Gasteiger partial charge in [-0.05, 0) is 72.1 Å². The lowest BCUT2D eigenvalue weighted by Gasteiger charge is -2.19. The van der Waals surface area contributed by atoms with Gasteiger partial charge in [-0.3, -0.25) is 9.59 Å². The second-order valence-corrected chi connectivity index (χ2v) is 10.8. The van der Waals surface area contributed by atoms with Crippen LogP contribution in [0.1, 0.15) is 52.6 Å². The molecule has 0 atom stereocenters. The summed E-state index contributed by atoms with van der Waals surface area (Å²) >= 11 is 0. The highest BCUT2D eigenvalue weighted by atomic mass is 16.1. The van der Waals surface area contributed by atoms with Crippen molar-refractivity contribution in [3.63, 3.8) is 0 Å². The fraction of sp³-hybridized carbons (Fsp3) is 0.400. The van der Waals surface area contributed by atoms with E-state index in [2.05, 4.69) is 70.6 Å². The van der Waals surface area contributed by atoms with Gasteiger partial charge in [0, 0.05) is 49.0 Å². The molecule has 4 rings (SSSR count). The Morgan fingerprint density at radius 2 is 1.79 bits per heavy atom. The molecule has 0 saturated carbocycles. The average Bonchev–Trinajstić information content (AvgIpc) is 3.31. The molecule has 1 aromatic carbocycles. The van der Waals surface area contributed by atoms with Crippen LogP contribution in [0.4, 0.5) is 0 Å². The van der Waals surface area contributed by atoms with Gasteiger partial charge in [-0.15, -0.1) is 0 Å². The van der Waals surface area contributed by atoms with E-state index in [1.54, 1.807) is 6.20 Å². The summed E-state index contributed by atoms with van der Waals surface area (Å²) in [7, 11) is 6.28. The number of nitrogens with one attached hydrogen (secondary N) is 2. The second kappa shape index (κ2) is 11.9. The van der Waals surface area contributed by atoms with E-state index < -0.39 is 0 Å². The van der Waals surface area contributed by atoms with Crippen molar-refractivity contribution in [1.82, 2.24) is 34.9 Å². The molecule has 39 heavy (non-hydrogen) atoms. The van der Waals surface area contributed by atoms with Crippen molar-refractivity contribution in [3.8, 4) is 11.3 Å². The molecule has 0 radical (unpaired) electrons. The molecule has 0 unspecified atom stereocenters. The Kier molecular flexibility index (Phi) is 8.62. The van der Waals surface area contributed by atoms with E-state index in [0.717, 1.165) is 36.5 Å². The van der Waals surface area contributed by atoms with Crippen LogP contribution in [0.2, 0.25) is 0 Å². The van der Waals surface area contributed by atoms with Gasteiger partial charge in [0.1, 0.15) is 0 Å². The van der Waals surface area contributed by atoms with Gasteiger partial charge in [-0.25, -0.2) is 9.67 Å². The monoisotopic (exact) mass is 529 g/mol. The Bertz CT molecular complexity index is 1520. The molecule has 3 heterocycles. The van der Waals surface area contributed by atoms with Gasteiger partial charge >= 0.3 is 0 Å². The first-order valence-electron chi connectivity index (χ1n) is 13.3. The maximum Gasteiger partial charge on any atom is 0.253 e. The van der Waals surface area contributed by atoms with Gasteiger partial charge in [0.2, 0.25) is 0 Å². The van der Waals surface area contributed by atoms with E-state index in [-0.39, 0.29) is 24.1 Å². The smallest absolute Gasteiger partial charge is 0.253 e. The molecule has 0 aliphatic carbocycles. The van der Waals surface area contributed by atoms with E-state index in [0.29, 0.717) is 27.9 Å². The number of carbonyl (C=O) groups is 1. The van der Waals surface area contributed by atoms with Gasteiger partial charge in [-0.1, -0.05) is 24.3 Å². The summed E-state index contributed by atoms with van der Waals surface area (Å²) in [6.07, 6.45) is 1.69. The van der Waals surface area contributed by atoms with Crippen LogP contribution in [0.15, 0.2) is 47.4 Å². The normalized spacial score (nSPS) is 11.7. The van der Waals surface area contributed by atoms with Crippen molar-refractivity contribution in [1.29, 1.82) is 0 Å². The van der Waals surface area contributed by atoms with Crippen molar-refractivity contribution in [2.75, 3.05) is 34.2 Å². The molecule has 9 nitrogen and oxygen atoms in total. The maximum absolute atomic E-state index is 13.5. The number of nitrogens with zero attached hydrogens (tertiary/aromatic N) is 5. The quantitative estimate of drug-likeness (QED) is 0.323. The lowest BCUT2D eigenvalue weighted by Crippen LogP contribution is -2.28. The molecule has 2 N–H and O–H groups in total. The molecular formula is C30H39N7O2. The van der Waals surface area contributed by atoms with Crippen LogP contribution in [0.3, 0.4) is 0 Å². The number of pyridine rings is 2. The van der Waals surface area contributed by atoms with Gasteiger partial charge in [0.15, 0.2) is 5.65 Å².